The van der Waals surface area contributed by atoms with Gasteiger partial charge in [-0.3, -0.25) is 9.36 Å². The lowest BCUT2D eigenvalue weighted by Gasteiger charge is -2.31. The number of amides is 1. The molecule has 1 aromatic heterocycles. The summed E-state index contributed by atoms with van der Waals surface area (Å²) in [6.07, 6.45) is 3.97. The molecule has 1 aromatic carbocycles. The minimum atomic E-state index is -0.338. The summed E-state index contributed by atoms with van der Waals surface area (Å²) >= 11 is 1.32. The summed E-state index contributed by atoms with van der Waals surface area (Å²) in [4.78, 5) is 27.1. The number of ether oxygens (including phenoxy) is 1. The van der Waals surface area contributed by atoms with Gasteiger partial charge in [-0.1, -0.05) is 30.0 Å². The second-order valence-corrected chi connectivity index (χ2v) is 8.35. The number of carbonyl (C=O) groups is 1. The molecule has 0 bridgehead atoms. The van der Waals surface area contributed by atoms with Crippen LogP contribution in [0.5, 0.6) is 0 Å². The van der Waals surface area contributed by atoms with Crippen molar-refractivity contribution in [3.63, 3.8) is 0 Å². The number of aryl methyl sites for hydroxylation is 1. The van der Waals surface area contributed by atoms with E-state index in [4.69, 9.17) is 4.74 Å². The molecule has 1 saturated heterocycles. The van der Waals surface area contributed by atoms with Crippen molar-refractivity contribution in [3.8, 4) is 0 Å². The molecule has 2 unspecified atom stereocenters. The van der Waals surface area contributed by atoms with E-state index in [0.29, 0.717) is 11.7 Å². The number of nitrogens with zero attached hydrogens (tertiary/aromatic N) is 3. The highest BCUT2D eigenvalue weighted by Crippen LogP contribution is 2.30. The monoisotopic (exact) mass is 388 g/mol. The van der Waals surface area contributed by atoms with Gasteiger partial charge in [0.15, 0.2) is 5.16 Å². The van der Waals surface area contributed by atoms with Crippen LogP contribution in [0.3, 0.4) is 0 Å². The van der Waals surface area contributed by atoms with Crippen molar-refractivity contribution in [2.24, 2.45) is 0 Å². The van der Waals surface area contributed by atoms with Gasteiger partial charge < -0.3 is 9.64 Å². The number of aromatic amines is 1. The molecule has 4 rings (SSSR count). The first-order valence-electron chi connectivity index (χ1n) is 9.46. The third-order valence-electron chi connectivity index (χ3n) is 5.14. The minimum Gasteiger partial charge on any atom is -0.376 e. The van der Waals surface area contributed by atoms with Crippen LogP contribution in [-0.4, -0.2) is 45.2 Å². The molecule has 2 atom stereocenters. The maximum atomic E-state index is 13.1. The topological polar surface area (TPSA) is 80.2 Å². The number of aromatic nitrogens is 3. The fourth-order valence-electron chi connectivity index (χ4n) is 3.74. The van der Waals surface area contributed by atoms with Crippen molar-refractivity contribution in [1.82, 2.24) is 14.8 Å². The Morgan fingerprint density at radius 3 is 3.07 bits per heavy atom. The van der Waals surface area contributed by atoms with Gasteiger partial charge in [-0.15, -0.1) is 5.10 Å². The lowest BCUT2D eigenvalue weighted by atomic mass is 10.0. The number of benzene rings is 1. The number of H-pyrrole nitrogens is 1. The maximum absolute atomic E-state index is 13.1. The summed E-state index contributed by atoms with van der Waals surface area (Å²) < 4.78 is 7.23. The normalized spacial score (nSPS) is 20.5. The lowest BCUT2D eigenvalue weighted by Crippen LogP contribution is -2.40. The molecule has 8 heteroatoms. The molecule has 1 fully saturated rings. The van der Waals surface area contributed by atoms with E-state index in [1.54, 1.807) is 4.57 Å². The van der Waals surface area contributed by atoms with Gasteiger partial charge in [0, 0.05) is 18.8 Å². The zero-order valence-corrected chi connectivity index (χ0v) is 16.2. The number of thioether (sulfide) groups is 1. The summed E-state index contributed by atoms with van der Waals surface area (Å²) in [5.74, 6) is 0.0475. The fraction of sp³-hybridized carbons (Fsp3) is 0.526. The first-order valence-corrected chi connectivity index (χ1v) is 10.3. The number of hydrogen-bond acceptors (Lipinski definition) is 5. The van der Waals surface area contributed by atoms with Gasteiger partial charge >= 0.3 is 5.69 Å². The van der Waals surface area contributed by atoms with Gasteiger partial charge in [-0.2, -0.15) is 0 Å². The Labute approximate surface area is 162 Å². The zero-order chi connectivity index (χ0) is 18.8. The van der Waals surface area contributed by atoms with Crippen molar-refractivity contribution < 1.29 is 9.53 Å². The molecule has 2 aliphatic rings. The minimum absolute atomic E-state index is 0.0413. The van der Waals surface area contributed by atoms with Crippen LogP contribution in [0.1, 0.15) is 31.7 Å². The molecule has 3 heterocycles. The van der Waals surface area contributed by atoms with Gasteiger partial charge in [-0.25, -0.2) is 9.89 Å². The van der Waals surface area contributed by atoms with E-state index in [-0.39, 0.29) is 23.0 Å². The highest BCUT2D eigenvalue weighted by atomic mass is 32.2. The second-order valence-electron chi connectivity index (χ2n) is 7.04. The first kappa shape index (κ1) is 18.3. The molecular weight excluding hydrogens is 364 g/mol. The van der Waals surface area contributed by atoms with Crippen molar-refractivity contribution in [3.05, 3.63) is 40.3 Å². The van der Waals surface area contributed by atoms with E-state index in [9.17, 15) is 9.59 Å². The molecule has 1 N–H and O–H groups in total. The molecule has 144 valence electrons. The first-order chi connectivity index (χ1) is 13.1. The molecule has 0 spiro atoms. The smallest absolute Gasteiger partial charge is 0.344 e. The summed E-state index contributed by atoms with van der Waals surface area (Å²) in [7, 11) is 0. The second kappa shape index (κ2) is 7.90. The summed E-state index contributed by atoms with van der Waals surface area (Å²) in [5, 5.41) is 6.84. The Bertz CT molecular complexity index is 872. The maximum Gasteiger partial charge on any atom is 0.344 e. The molecule has 27 heavy (non-hydrogen) atoms. The highest BCUT2D eigenvalue weighted by molar-refractivity contribution is 8.00. The molecule has 7 nitrogen and oxygen atoms in total. The van der Waals surface area contributed by atoms with Gasteiger partial charge in [0.2, 0.25) is 5.91 Å². The van der Waals surface area contributed by atoms with Crippen molar-refractivity contribution >= 4 is 23.4 Å². The molecule has 0 saturated carbocycles. The van der Waals surface area contributed by atoms with Crippen LogP contribution in [0.4, 0.5) is 5.69 Å². The number of anilines is 1. The summed E-state index contributed by atoms with van der Waals surface area (Å²) in [5.41, 5.74) is 1.96. The number of rotatable bonds is 5. The van der Waals surface area contributed by atoms with Crippen LogP contribution in [0.15, 0.2) is 34.2 Å². The van der Waals surface area contributed by atoms with E-state index in [1.807, 2.05) is 30.0 Å². The van der Waals surface area contributed by atoms with E-state index >= 15 is 0 Å². The van der Waals surface area contributed by atoms with Crippen molar-refractivity contribution in [2.75, 3.05) is 18.1 Å². The predicted octanol–water partition coefficient (Wildman–Crippen LogP) is 2.21. The van der Waals surface area contributed by atoms with Gasteiger partial charge in [-0.05, 0) is 44.2 Å². The number of nitrogens with one attached hydrogen (secondary N) is 1. The van der Waals surface area contributed by atoms with Gasteiger partial charge in [0.05, 0.1) is 17.9 Å². The standard InChI is InChI=1S/C19H24N4O3S/c1-13(17(24)22-10-4-7-14-6-2-3-9-16(14)22)27-19-21-20-18(25)23(19)12-15-8-5-11-26-15/h2-3,6,9,13,15H,4-5,7-8,10-12H2,1H3,(H,20,25). The quantitative estimate of drug-likeness (QED) is 0.795. The van der Waals surface area contributed by atoms with Crippen LogP contribution in [0, 0.1) is 0 Å². The number of carbonyl (C=O) groups excluding carboxylic acids is 1. The largest absolute Gasteiger partial charge is 0.376 e. The Balaban J connectivity index is 1.49. The number of para-hydroxylation sites is 1. The third-order valence-corrected chi connectivity index (χ3v) is 6.22. The van der Waals surface area contributed by atoms with Crippen LogP contribution in [-0.2, 0) is 22.5 Å². The van der Waals surface area contributed by atoms with Gasteiger partial charge in [0.25, 0.3) is 0 Å². The van der Waals surface area contributed by atoms with Crippen LogP contribution < -0.4 is 10.6 Å². The summed E-state index contributed by atoms with van der Waals surface area (Å²) in [6.45, 7) is 3.82. The Morgan fingerprint density at radius 1 is 1.41 bits per heavy atom. The van der Waals surface area contributed by atoms with Gasteiger partial charge in [0.1, 0.15) is 0 Å². The van der Waals surface area contributed by atoms with Crippen molar-refractivity contribution in [1.29, 1.82) is 0 Å². The molecule has 1 amide bonds. The van der Waals surface area contributed by atoms with E-state index in [2.05, 4.69) is 16.3 Å². The average molecular weight is 388 g/mol. The van der Waals surface area contributed by atoms with E-state index in [1.165, 1.54) is 17.3 Å². The van der Waals surface area contributed by atoms with E-state index < -0.39 is 0 Å². The SMILES string of the molecule is CC(Sc1n[nH]c(=O)n1CC1CCCO1)C(=O)N1CCCc2ccccc21. The Kier molecular flexibility index (Phi) is 5.36. The Hall–Kier alpha value is -2.06. The highest BCUT2D eigenvalue weighted by Gasteiger charge is 2.28. The lowest BCUT2D eigenvalue weighted by molar-refractivity contribution is -0.117. The number of hydrogen-bond donors (Lipinski definition) is 1. The van der Waals surface area contributed by atoms with Crippen LogP contribution in [0.25, 0.3) is 0 Å². The van der Waals surface area contributed by atoms with Crippen LogP contribution in [0.2, 0.25) is 0 Å². The van der Waals surface area contributed by atoms with E-state index in [0.717, 1.165) is 44.5 Å². The third kappa shape index (κ3) is 3.82. The van der Waals surface area contributed by atoms with Crippen molar-refractivity contribution in [2.45, 2.75) is 55.7 Å². The molecule has 2 aliphatic heterocycles. The fourth-order valence-corrected chi connectivity index (χ4v) is 4.66. The molecule has 0 aliphatic carbocycles. The summed E-state index contributed by atoms with van der Waals surface area (Å²) in [6, 6.07) is 8.07. The average Bonchev–Trinajstić information content (AvgIpc) is 3.32. The predicted molar refractivity (Wildman–Crippen MR) is 104 cm³/mol. The molecule has 0 radical (unpaired) electrons. The number of fused-ring (bicyclic) bond motifs is 1. The molecular formula is C19H24N4O3S. The Morgan fingerprint density at radius 2 is 2.26 bits per heavy atom. The molecule has 2 aromatic rings. The zero-order valence-electron chi connectivity index (χ0n) is 15.4. The van der Waals surface area contributed by atoms with Crippen LogP contribution >= 0.6 is 11.8 Å².